The fourth-order valence-electron chi connectivity index (χ4n) is 2.39. The van der Waals surface area contributed by atoms with Crippen LogP contribution in [0.2, 0.25) is 5.02 Å². The lowest BCUT2D eigenvalue weighted by Gasteiger charge is -2.21. The standard InChI is InChI=1S/C19H21ClN2O2/c1-14-4-3-5-16(12-14)13-22(15(2)23)11-10-21-19(24)17-6-8-18(20)9-7-17/h3-9,12H,10-11,13H2,1-2H3,(H,21,24). The monoisotopic (exact) mass is 344 g/mol. The number of carbonyl (C=O) groups excluding carboxylic acids is 2. The van der Waals surface area contributed by atoms with Gasteiger partial charge in [-0.2, -0.15) is 0 Å². The van der Waals surface area contributed by atoms with Gasteiger partial charge in [-0.3, -0.25) is 9.59 Å². The van der Waals surface area contributed by atoms with Crippen LogP contribution in [0.5, 0.6) is 0 Å². The van der Waals surface area contributed by atoms with Crippen LogP contribution in [0.3, 0.4) is 0 Å². The van der Waals surface area contributed by atoms with Crippen molar-refractivity contribution in [1.82, 2.24) is 10.2 Å². The lowest BCUT2D eigenvalue weighted by Crippen LogP contribution is -2.37. The molecule has 5 heteroatoms. The Bertz CT molecular complexity index is 714. The first-order valence-electron chi connectivity index (χ1n) is 7.80. The highest BCUT2D eigenvalue weighted by atomic mass is 35.5. The normalized spacial score (nSPS) is 10.3. The highest BCUT2D eigenvalue weighted by molar-refractivity contribution is 6.30. The van der Waals surface area contributed by atoms with Crippen LogP contribution >= 0.6 is 11.6 Å². The lowest BCUT2D eigenvalue weighted by molar-refractivity contribution is -0.129. The molecule has 0 atom stereocenters. The zero-order chi connectivity index (χ0) is 17.5. The Kier molecular flexibility index (Phi) is 6.38. The van der Waals surface area contributed by atoms with Gasteiger partial charge in [0.25, 0.3) is 5.91 Å². The van der Waals surface area contributed by atoms with Crippen molar-refractivity contribution in [3.05, 3.63) is 70.2 Å². The number of hydrogen-bond donors (Lipinski definition) is 1. The maximum absolute atomic E-state index is 12.1. The number of nitrogens with one attached hydrogen (secondary N) is 1. The quantitative estimate of drug-likeness (QED) is 0.872. The largest absolute Gasteiger partial charge is 0.350 e. The number of aryl methyl sites for hydroxylation is 1. The van der Waals surface area contributed by atoms with E-state index in [-0.39, 0.29) is 11.8 Å². The molecule has 0 aromatic heterocycles. The van der Waals surface area contributed by atoms with Crippen molar-refractivity contribution < 1.29 is 9.59 Å². The summed E-state index contributed by atoms with van der Waals surface area (Å²) in [5, 5.41) is 3.42. The van der Waals surface area contributed by atoms with Crippen LogP contribution < -0.4 is 5.32 Å². The number of carbonyl (C=O) groups is 2. The summed E-state index contributed by atoms with van der Waals surface area (Å²) in [6.07, 6.45) is 0. The Balaban J connectivity index is 1.88. The minimum atomic E-state index is -0.175. The van der Waals surface area contributed by atoms with Gasteiger partial charge in [0, 0.05) is 37.1 Å². The third kappa shape index (κ3) is 5.39. The van der Waals surface area contributed by atoms with E-state index in [1.165, 1.54) is 6.92 Å². The van der Waals surface area contributed by atoms with Crippen LogP contribution in [-0.4, -0.2) is 29.8 Å². The summed E-state index contributed by atoms with van der Waals surface area (Å²) < 4.78 is 0. The van der Waals surface area contributed by atoms with Crippen molar-refractivity contribution in [3.63, 3.8) is 0 Å². The Hall–Kier alpha value is -2.33. The molecule has 0 aliphatic carbocycles. The van der Waals surface area contributed by atoms with Crippen molar-refractivity contribution >= 4 is 23.4 Å². The van der Waals surface area contributed by atoms with E-state index in [1.54, 1.807) is 29.2 Å². The van der Waals surface area contributed by atoms with Crippen LogP contribution in [0.15, 0.2) is 48.5 Å². The average Bonchev–Trinajstić information content (AvgIpc) is 2.54. The van der Waals surface area contributed by atoms with Crippen molar-refractivity contribution in [3.8, 4) is 0 Å². The van der Waals surface area contributed by atoms with E-state index < -0.39 is 0 Å². The minimum Gasteiger partial charge on any atom is -0.350 e. The van der Waals surface area contributed by atoms with Crippen molar-refractivity contribution in [2.24, 2.45) is 0 Å². The maximum atomic E-state index is 12.1. The van der Waals surface area contributed by atoms with E-state index in [1.807, 2.05) is 25.1 Å². The van der Waals surface area contributed by atoms with Crippen LogP contribution in [0.1, 0.15) is 28.4 Å². The van der Waals surface area contributed by atoms with E-state index in [2.05, 4.69) is 11.4 Å². The molecule has 0 heterocycles. The molecule has 0 saturated heterocycles. The fraction of sp³-hybridized carbons (Fsp3) is 0.263. The number of nitrogens with zero attached hydrogens (tertiary/aromatic N) is 1. The predicted molar refractivity (Wildman–Crippen MR) is 96.1 cm³/mol. The zero-order valence-corrected chi connectivity index (χ0v) is 14.6. The van der Waals surface area contributed by atoms with Gasteiger partial charge < -0.3 is 10.2 Å². The summed E-state index contributed by atoms with van der Waals surface area (Å²) in [6.45, 7) is 4.95. The van der Waals surface area contributed by atoms with Crippen molar-refractivity contribution in [2.45, 2.75) is 20.4 Å². The van der Waals surface area contributed by atoms with Crippen LogP contribution in [0.4, 0.5) is 0 Å². The zero-order valence-electron chi connectivity index (χ0n) is 13.9. The average molecular weight is 345 g/mol. The van der Waals surface area contributed by atoms with Gasteiger partial charge in [-0.05, 0) is 36.8 Å². The van der Waals surface area contributed by atoms with Gasteiger partial charge in [-0.1, -0.05) is 41.4 Å². The number of benzene rings is 2. The van der Waals surface area contributed by atoms with Gasteiger partial charge in [0.15, 0.2) is 0 Å². The predicted octanol–water partition coefficient (Wildman–Crippen LogP) is 3.43. The molecular weight excluding hydrogens is 324 g/mol. The Morgan fingerprint density at radius 1 is 1.12 bits per heavy atom. The third-order valence-corrected chi connectivity index (χ3v) is 3.93. The van der Waals surface area contributed by atoms with Crippen LogP contribution in [0.25, 0.3) is 0 Å². The first kappa shape index (κ1) is 18.0. The molecule has 1 N–H and O–H groups in total. The molecule has 0 fully saturated rings. The SMILES string of the molecule is CC(=O)N(CCNC(=O)c1ccc(Cl)cc1)Cc1cccc(C)c1. The van der Waals surface area contributed by atoms with Gasteiger partial charge >= 0.3 is 0 Å². The molecule has 24 heavy (non-hydrogen) atoms. The summed E-state index contributed by atoms with van der Waals surface area (Å²) in [5.41, 5.74) is 2.79. The number of halogens is 1. The molecule has 126 valence electrons. The summed E-state index contributed by atoms with van der Waals surface area (Å²) in [6, 6.07) is 14.8. The van der Waals surface area contributed by atoms with Crippen LogP contribution in [0, 0.1) is 6.92 Å². The highest BCUT2D eigenvalue weighted by Gasteiger charge is 2.11. The second kappa shape index (κ2) is 8.50. The van der Waals surface area contributed by atoms with Gasteiger partial charge in [0.1, 0.15) is 0 Å². The van der Waals surface area contributed by atoms with Gasteiger partial charge in [0.05, 0.1) is 0 Å². The molecule has 0 bridgehead atoms. The summed E-state index contributed by atoms with van der Waals surface area (Å²) in [5.74, 6) is -0.192. The summed E-state index contributed by atoms with van der Waals surface area (Å²) in [7, 11) is 0. The Labute approximate surface area is 147 Å². The Morgan fingerprint density at radius 2 is 1.83 bits per heavy atom. The molecule has 2 aromatic carbocycles. The first-order chi connectivity index (χ1) is 11.5. The highest BCUT2D eigenvalue weighted by Crippen LogP contribution is 2.10. The van der Waals surface area contributed by atoms with Crippen molar-refractivity contribution in [1.29, 1.82) is 0 Å². The summed E-state index contributed by atoms with van der Waals surface area (Å²) in [4.78, 5) is 25.6. The molecule has 0 aliphatic rings. The molecule has 0 radical (unpaired) electrons. The fourth-order valence-corrected chi connectivity index (χ4v) is 2.51. The number of rotatable bonds is 6. The molecule has 0 saturated carbocycles. The lowest BCUT2D eigenvalue weighted by atomic mass is 10.1. The topological polar surface area (TPSA) is 49.4 Å². The van der Waals surface area contributed by atoms with Crippen molar-refractivity contribution in [2.75, 3.05) is 13.1 Å². The molecule has 4 nitrogen and oxygen atoms in total. The molecule has 0 spiro atoms. The molecular formula is C19H21ClN2O2. The van der Waals surface area contributed by atoms with Gasteiger partial charge in [-0.15, -0.1) is 0 Å². The summed E-state index contributed by atoms with van der Waals surface area (Å²) >= 11 is 5.81. The second-order valence-corrected chi connectivity index (χ2v) is 6.13. The van der Waals surface area contributed by atoms with Gasteiger partial charge in [0.2, 0.25) is 5.91 Å². The Morgan fingerprint density at radius 3 is 2.46 bits per heavy atom. The van der Waals surface area contributed by atoms with E-state index in [0.717, 1.165) is 11.1 Å². The molecule has 2 aromatic rings. The van der Waals surface area contributed by atoms with E-state index in [9.17, 15) is 9.59 Å². The minimum absolute atomic E-state index is 0.0164. The van der Waals surface area contributed by atoms with E-state index in [0.29, 0.717) is 30.2 Å². The molecule has 0 aliphatic heterocycles. The smallest absolute Gasteiger partial charge is 0.251 e. The maximum Gasteiger partial charge on any atom is 0.251 e. The molecule has 2 rings (SSSR count). The second-order valence-electron chi connectivity index (χ2n) is 5.69. The number of hydrogen-bond acceptors (Lipinski definition) is 2. The molecule has 0 unspecified atom stereocenters. The molecule has 2 amide bonds. The first-order valence-corrected chi connectivity index (χ1v) is 8.18. The van der Waals surface area contributed by atoms with E-state index >= 15 is 0 Å². The third-order valence-electron chi connectivity index (χ3n) is 3.67. The van der Waals surface area contributed by atoms with Gasteiger partial charge in [-0.25, -0.2) is 0 Å². The van der Waals surface area contributed by atoms with Crippen LogP contribution in [-0.2, 0) is 11.3 Å². The number of amides is 2. The van der Waals surface area contributed by atoms with E-state index in [4.69, 9.17) is 11.6 Å².